The highest BCUT2D eigenvalue weighted by Gasteiger charge is 2.11. The molecule has 0 rings (SSSR count). The molecule has 0 spiro atoms. The van der Waals surface area contributed by atoms with Crippen molar-refractivity contribution in [1.82, 2.24) is 5.32 Å². The van der Waals surface area contributed by atoms with Crippen molar-refractivity contribution in [3.8, 4) is 0 Å². The molecule has 0 aromatic rings. The van der Waals surface area contributed by atoms with Gasteiger partial charge in [0.15, 0.2) is 0 Å². The van der Waals surface area contributed by atoms with Crippen molar-refractivity contribution in [2.75, 3.05) is 26.4 Å². The highest BCUT2D eigenvalue weighted by atomic mass is 16.6. The highest BCUT2D eigenvalue weighted by Crippen LogP contribution is 1.89. The third kappa shape index (κ3) is 9.27. The number of carbonyl (C=O) groups excluding carboxylic acids is 3. The number of nitrogens with one attached hydrogen (secondary N) is 1. The molecule has 1 unspecified atom stereocenters. The molecule has 1 atom stereocenters. The Labute approximate surface area is 97.5 Å². The van der Waals surface area contributed by atoms with Crippen molar-refractivity contribution in [2.45, 2.75) is 13.0 Å². The topological polar surface area (TPSA) is 122 Å². The maximum atomic E-state index is 11.0. The molecule has 0 saturated carbocycles. The molecule has 8 heteroatoms. The molecule has 1 amide bonds. The van der Waals surface area contributed by atoms with E-state index in [-0.39, 0.29) is 13.2 Å². The van der Waals surface area contributed by atoms with Crippen LogP contribution in [-0.2, 0) is 23.9 Å². The molecule has 8 nitrogen and oxygen atoms in total. The molecular formula is C9H15NO7. The number of carbonyl (C=O) groups is 3. The Morgan fingerprint density at radius 2 is 1.82 bits per heavy atom. The van der Waals surface area contributed by atoms with E-state index in [9.17, 15) is 19.5 Å². The van der Waals surface area contributed by atoms with Crippen LogP contribution in [0.25, 0.3) is 0 Å². The summed E-state index contributed by atoms with van der Waals surface area (Å²) in [6, 6.07) is 0. The minimum absolute atomic E-state index is 0.272. The van der Waals surface area contributed by atoms with Gasteiger partial charge >= 0.3 is 11.9 Å². The standard InChI is InChI=1S/C9H15NO7/c1-6(12)16-4-7(13)5-17-9(15)2-10-8(14)3-11/h7,11,13H,2-5H2,1H3,(H,10,14). The number of ether oxygens (including phenoxy) is 2. The third-order valence-corrected chi connectivity index (χ3v) is 1.49. The second-order valence-electron chi connectivity index (χ2n) is 3.07. The molecule has 0 heterocycles. The van der Waals surface area contributed by atoms with E-state index in [0.29, 0.717) is 0 Å². The molecule has 0 aliphatic rings. The van der Waals surface area contributed by atoms with Gasteiger partial charge < -0.3 is 25.0 Å². The fourth-order valence-corrected chi connectivity index (χ4v) is 0.728. The monoisotopic (exact) mass is 249 g/mol. The van der Waals surface area contributed by atoms with Crippen LogP contribution in [0.2, 0.25) is 0 Å². The van der Waals surface area contributed by atoms with Gasteiger partial charge in [0.25, 0.3) is 0 Å². The fourth-order valence-electron chi connectivity index (χ4n) is 0.728. The Morgan fingerprint density at radius 1 is 1.24 bits per heavy atom. The van der Waals surface area contributed by atoms with Gasteiger partial charge in [-0.3, -0.25) is 14.4 Å². The maximum Gasteiger partial charge on any atom is 0.325 e. The fraction of sp³-hybridized carbons (Fsp3) is 0.667. The number of hydrogen-bond donors (Lipinski definition) is 3. The van der Waals surface area contributed by atoms with Crippen LogP contribution < -0.4 is 5.32 Å². The van der Waals surface area contributed by atoms with Crippen LogP contribution in [-0.4, -0.2) is 60.5 Å². The van der Waals surface area contributed by atoms with E-state index >= 15 is 0 Å². The molecule has 0 fully saturated rings. The van der Waals surface area contributed by atoms with E-state index in [1.54, 1.807) is 0 Å². The Bertz CT molecular complexity index is 279. The Balaban J connectivity index is 3.62. The zero-order chi connectivity index (χ0) is 13.3. The number of rotatable bonds is 7. The molecule has 3 N–H and O–H groups in total. The molecule has 0 aliphatic carbocycles. The van der Waals surface area contributed by atoms with Crippen molar-refractivity contribution >= 4 is 17.8 Å². The molecule has 98 valence electrons. The average molecular weight is 249 g/mol. The summed E-state index contributed by atoms with van der Waals surface area (Å²) >= 11 is 0. The molecule has 17 heavy (non-hydrogen) atoms. The van der Waals surface area contributed by atoms with Crippen molar-refractivity contribution in [3.05, 3.63) is 0 Å². The molecule has 0 aromatic heterocycles. The van der Waals surface area contributed by atoms with Gasteiger partial charge in [0, 0.05) is 6.92 Å². The normalized spacial score (nSPS) is 11.5. The Kier molecular flexibility index (Phi) is 7.65. The molecule has 0 aromatic carbocycles. The predicted molar refractivity (Wildman–Crippen MR) is 53.7 cm³/mol. The highest BCUT2D eigenvalue weighted by molar-refractivity contribution is 5.82. The minimum Gasteiger partial charge on any atom is -0.463 e. The molecule has 0 radical (unpaired) electrons. The van der Waals surface area contributed by atoms with Crippen molar-refractivity contribution < 1.29 is 34.1 Å². The lowest BCUT2D eigenvalue weighted by atomic mass is 10.4. The van der Waals surface area contributed by atoms with Crippen LogP contribution in [0.1, 0.15) is 6.92 Å². The Morgan fingerprint density at radius 3 is 2.35 bits per heavy atom. The largest absolute Gasteiger partial charge is 0.463 e. The van der Waals surface area contributed by atoms with E-state index in [1.807, 2.05) is 0 Å². The summed E-state index contributed by atoms with van der Waals surface area (Å²) in [4.78, 5) is 31.9. The van der Waals surface area contributed by atoms with Crippen LogP contribution in [0, 0.1) is 0 Å². The summed E-state index contributed by atoms with van der Waals surface area (Å²) in [5, 5.41) is 19.6. The summed E-state index contributed by atoms with van der Waals surface area (Å²) < 4.78 is 9.02. The van der Waals surface area contributed by atoms with Crippen LogP contribution in [0.4, 0.5) is 0 Å². The number of aliphatic hydroxyl groups is 2. The quantitative estimate of drug-likeness (QED) is 0.428. The van der Waals surface area contributed by atoms with E-state index in [4.69, 9.17) is 5.11 Å². The summed E-state index contributed by atoms with van der Waals surface area (Å²) in [5.74, 6) is -2.03. The van der Waals surface area contributed by atoms with Crippen LogP contribution in [0.3, 0.4) is 0 Å². The first-order valence-corrected chi connectivity index (χ1v) is 4.80. The van der Waals surface area contributed by atoms with E-state index in [1.165, 1.54) is 6.92 Å². The van der Waals surface area contributed by atoms with Gasteiger partial charge in [-0.05, 0) is 0 Å². The van der Waals surface area contributed by atoms with Gasteiger partial charge in [-0.25, -0.2) is 0 Å². The summed E-state index contributed by atoms with van der Waals surface area (Å²) in [6.07, 6.45) is -1.11. The molecule has 0 saturated heterocycles. The first kappa shape index (κ1) is 15.3. The van der Waals surface area contributed by atoms with Gasteiger partial charge in [-0.1, -0.05) is 0 Å². The Hall–Kier alpha value is -1.67. The first-order chi connectivity index (χ1) is 7.95. The summed E-state index contributed by atoms with van der Waals surface area (Å²) in [7, 11) is 0. The van der Waals surface area contributed by atoms with Gasteiger partial charge in [-0.15, -0.1) is 0 Å². The van der Waals surface area contributed by atoms with Gasteiger partial charge in [0.05, 0.1) is 0 Å². The summed E-state index contributed by atoms with van der Waals surface area (Å²) in [6.45, 7) is -0.558. The third-order valence-electron chi connectivity index (χ3n) is 1.49. The van der Waals surface area contributed by atoms with Crippen molar-refractivity contribution in [2.24, 2.45) is 0 Å². The van der Waals surface area contributed by atoms with E-state index in [0.717, 1.165) is 0 Å². The van der Waals surface area contributed by atoms with Gasteiger partial charge in [0.2, 0.25) is 5.91 Å². The predicted octanol–water partition coefficient (Wildman–Crippen LogP) is -2.44. The molecular weight excluding hydrogens is 234 g/mol. The SMILES string of the molecule is CC(=O)OCC(O)COC(=O)CNC(=O)CO. The lowest BCUT2D eigenvalue weighted by molar-refractivity contribution is -0.151. The zero-order valence-corrected chi connectivity index (χ0v) is 9.34. The zero-order valence-electron chi connectivity index (χ0n) is 9.34. The minimum atomic E-state index is -1.11. The van der Waals surface area contributed by atoms with E-state index < -0.39 is 37.1 Å². The summed E-state index contributed by atoms with van der Waals surface area (Å²) in [5.41, 5.74) is 0. The van der Waals surface area contributed by atoms with Crippen LogP contribution >= 0.6 is 0 Å². The first-order valence-electron chi connectivity index (χ1n) is 4.80. The lowest BCUT2D eigenvalue weighted by Crippen LogP contribution is -2.34. The number of amides is 1. The molecule has 0 aliphatic heterocycles. The maximum absolute atomic E-state index is 11.0. The smallest absolute Gasteiger partial charge is 0.325 e. The van der Waals surface area contributed by atoms with E-state index in [2.05, 4.69) is 14.8 Å². The van der Waals surface area contributed by atoms with Gasteiger partial charge in [0.1, 0.15) is 32.5 Å². The number of hydrogen-bond acceptors (Lipinski definition) is 7. The average Bonchev–Trinajstić information content (AvgIpc) is 2.30. The second kappa shape index (κ2) is 8.48. The van der Waals surface area contributed by atoms with Crippen molar-refractivity contribution in [1.29, 1.82) is 0 Å². The number of esters is 2. The lowest BCUT2D eigenvalue weighted by Gasteiger charge is -2.11. The van der Waals surface area contributed by atoms with Crippen LogP contribution in [0.5, 0.6) is 0 Å². The van der Waals surface area contributed by atoms with Gasteiger partial charge in [-0.2, -0.15) is 0 Å². The number of aliphatic hydroxyl groups excluding tert-OH is 2. The molecule has 0 bridgehead atoms. The second-order valence-corrected chi connectivity index (χ2v) is 3.07. The van der Waals surface area contributed by atoms with Crippen LogP contribution in [0.15, 0.2) is 0 Å². The van der Waals surface area contributed by atoms with Crippen molar-refractivity contribution in [3.63, 3.8) is 0 Å².